The van der Waals surface area contributed by atoms with Crippen molar-refractivity contribution >= 4 is 25.3 Å². The fourth-order valence-electron chi connectivity index (χ4n) is 6.96. The molecule has 5 aromatic carbocycles. The lowest BCUT2D eigenvalue weighted by Gasteiger charge is -2.25. The number of rotatable bonds is 4. The largest absolute Gasteiger partial charge is 0.0787 e. The van der Waals surface area contributed by atoms with Gasteiger partial charge in [-0.2, -0.15) is 0 Å². The molecule has 5 aromatic rings. The molecule has 5 rings (SSSR count). The summed E-state index contributed by atoms with van der Waals surface area (Å²) in [5, 5.41) is 0. The Morgan fingerprint density at radius 1 is 0.391 bits per heavy atom. The summed E-state index contributed by atoms with van der Waals surface area (Å²) in [6, 6.07) is 27.2. The molecule has 0 heterocycles. The molecule has 0 bridgehead atoms. The highest BCUT2D eigenvalue weighted by Crippen LogP contribution is 2.44. The minimum absolute atomic E-state index is 0.0216. The molecule has 0 aromatic heterocycles. The summed E-state index contributed by atoms with van der Waals surface area (Å²) in [4.78, 5) is 1.81. The van der Waals surface area contributed by atoms with Gasteiger partial charge in [0, 0.05) is 22.3 Å². The van der Waals surface area contributed by atoms with Crippen molar-refractivity contribution in [2.75, 3.05) is 0 Å². The van der Waals surface area contributed by atoms with E-state index < -0.39 is 0 Å². The average molecular weight is 641 g/mol. The van der Waals surface area contributed by atoms with Crippen molar-refractivity contribution in [1.29, 1.82) is 0 Å². The Kier molecular flexibility index (Phi) is 9.05. The molecule has 2 heteroatoms. The fourth-order valence-corrected chi connectivity index (χ4v) is 7.64. The van der Waals surface area contributed by atoms with Crippen molar-refractivity contribution in [2.24, 2.45) is 0 Å². The van der Waals surface area contributed by atoms with E-state index in [2.05, 4.69) is 156 Å². The molecule has 0 N–H and O–H groups in total. The maximum absolute atomic E-state index is 6.28. The van der Waals surface area contributed by atoms with Crippen LogP contribution < -0.4 is 0 Å². The molecule has 0 spiro atoms. The zero-order valence-electron chi connectivity index (χ0n) is 29.7. The third-order valence-electron chi connectivity index (χ3n) is 9.31. The monoisotopic (exact) mass is 640 g/mol. The SMILES string of the molecule is Cc1cc(C)c(-c2cc(C(C)(C)C)cc(-c3ccc(-c4cc(C(C)(C)C)cc(-c5c(C)cc(C)cc5C)c4[S])cc3)c2[S])c(C)c1. The van der Waals surface area contributed by atoms with Crippen LogP contribution in [-0.2, 0) is 10.8 Å². The Morgan fingerprint density at radius 2 is 0.652 bits per heavy atom. The first-order valence-corrected chi connectivity index (χ1v) is 17.2. The van der Waals surface area contributed by atoms with Gasteiger partial charge in [0.25, 0.3) is 0 Å². The minimum Gasteiger partial charge on any atom is -0.0787 e. The highest BCUT2D eigenvalue weighted by molar-refractivity contribution is 7.80. The topological polar surface area (TPSA) is 0 Å². The van der Waals surface area contributed by atoms with Gasteiger partial charge in [0.05, 0.1) is 9.79 Å². The van der Waals surface area contributed by atoms with Crippen molar-refractivity contribution in [3.8, 4) is 44.5 Å². The Bertz CT molecular complexity index is 1770. The summed E-state index contributed by atoms with van der Waals surface area (Å²) in [7, 11) is 0. The molecular weight excluding hydrogens is 593 g/mol. The highest BCUT2D eigenvalue weighted by Gasteiger charge is 2.24. The van der Waals surface area contributed by atoms with Crippen molar-refractivity contribution in [2.45, 2.75) is 104 Å². The van der Waals surface area contributed by atoms with Gasteiger partial charge < -0.3 is 0 Å². The van der Waals surface area contributed by atoms with Crippen molar-refractivity contribution in [3.63, 3.8) is 0 Å². The van der Waals surface area contributed by atoms with Gasteiger partial charge in [-0.05, 0) is 132 Å². The zero-order valence-corrected chi connectivity index (χ0v) is 31.4. The van der Waals surface area contributed by atoms with Gasteiger partial charge in [0.15, 0.2) is 0 Å². The van der Waals surface area contributed by atoms with Gasteiger partial charge in [0.2, 0.25) is 0 Å². The van der Waals surface area contributed by atoms with Crippen molar-refractivity contribution in [3.05, 3.63) is 117 Å². The van der Waals surface area contributed by atoms with Crippen LogP contribution in [0.3, 0.4) is 0 Å². The molecule has 46 heavy (non-hydrogen) atoms. The van der Waals surface area contributed by atoms with Crippen molar-refractivity contribution in [1.82, 2.24) is 0 Å². The summed E-state index contributed by atoms with van der Waals surface area (Å²) in [5.74, 6) is 0. The Morgan fingerprint density at radius 3 is 0.913 bits per heavy atom. The molecule has 0 nitrogen and oxygen atoms in total. The van der Waals surface area contributed by atoms with Crippen LogP contribution >= 0.6 is 25.3 Å². The summed E-state index contributed by atoms with van der Waals surface area (Å²) in [6.07, 6.45) is 0. The molecule has 0 fully saturated rings. The Balaban J connectivity index is 1.70. The smallest absolute Gasteiger partial charge is 0.0534 e. The van der Waals surface area contributed by atoms with E-state index in [1.807, 2.05) is 0 Å². The molecule has 236 valence electrons. The predicted molar refractivity (Wildman–Crippen MR) is 206 cm³/mol. The third kappa shape index (κ3) is 6.53. The van der Waals surface area contributed by atoms with Gasteiger partial charge in [-0.1, -0.05) is 126 Å². The quantitative estimate of drug-likeness (QED) is 0.183. The van der Waals surface area contributed by atoms with E-state index in [-0.39, 0.29) is 10.8 Å². The van der Waals surface area contributed by atoms with Crippen LogP contribution in [0.4, 0.5) is 0 Å². The van der Waals surface area contributed by atoms with Gasteiger partial charge in [-0.15, -0.1) is 0 Å². The fraction of sp³-hybridized carbons (Fsp3) is 0.318. The molecule has 0 atom stereocenters. The van der Waals surface area contributed by atoms with Gasteiger partial charge >= 0.3 is 0 Å². The van der Waals surface area contributed by atoms with E-state index in [1.54, 1.807) is 0 Å². The van der Waals surface area contributed by atoms with Crippen LogP contribution in [0.25, 0.3) is 44.5 Å². The number of hydrogen-bond donors (Lipinski definition) is 0. The summed E-state index contributed by atoms with van der Waals surface area (Å²) in [6.45, 7) is 26.8. The molecule has 0 aliphatic heterocycles. The van der Waals surface area contributed by atoms with Crippen molar-refractivity contribution < 1.29 is 0 Å². The molecule has 0 aliphatic carbocycles. The first-order chi connectivity index (χ1) is 21.4. The van der Waals surface area contributed by atoms with E-state index >= 15 is 0 Å². The maximum Gasteiger partial charge on any atom is 0.0534 e. The third-order valence-corrected chi connectivity index (χ3v) is 10.2. The Hall–Kier alpha value is -3.46. The standard InChI is InChI=1S/C44H48S2/c1-25-17-27(3)39(28(4)18-25)37-23-33(43(7,8)9)21-35(41(37)45)31-13-15-32(16-14-31)36-22-34(44(10,11)12)24-38(42(36)46)40-29(5)19-26(2)20-30(40)6/h13-24H,1-12H3. The first kappa shape index (κ1) is 33.9. The average Bonchev–Trinajstić information content (AvgIpc) is 2.92. The van der Waals surface area contributed by atoms with E-state index in [1.165, 1.54) is 55.6 Å². The van der Waals surface area contributed by atoms with Gasteiger partial charge in [0.1, 0.15) is 0 Å². The second-order valence-electron chi connectivity index (χ2n) is 15.4. The number of benzene rings is 5. The molecular formula is C44H48S2. The molecule has 0 saturated carbocycles. The van der Waals surface area contributed by atoms with E-state index in [0.29, 0.717) is 0 Å². The number of aryl methyl sites for hydroxylation is 6. The summed E-state index contributed by atoms with van der Waals surface area (Å²) >= 11 is 12.6. The number of hydrogen-bond acceptors (Lipinski definition) is 0. The van der Waals surface area contributed by atoms with E-state index in [0.717, 1.165) is 43.2 Å². The molecule has 0 unspecified atom stereocenters. The van der Waals surface area contributed by atoms with Gasteiger partial charge in [-0.25, -0.2) is 0 Å². The highest BCUT2D eigenvalue weighted by atomic mass is 32.1. The molecule has 0 saturated heterocycles. The molecule has 2 radical (unpaired) electrons. The van der Waals surface area contributed by atoms with Crippen LogP contribution in [0, 0.1) is 41.5 Å². The van der Waals surface area contributed by atoms with Crippen LogP contribution in [0.5, 0.6) is 0 Å². The Labute approximate surface area is 289 Å². The minimum atomic E-state index is -0.0216. The second kappa shape index (κ2) is 12.3. The van der Waals surface area contributed by atoms with E-state index in [9.17, 15) is 0 Å². The predicted octanol–water partition coefficient (Wildman–Crippen LogP) is 13.9. The first-order valence-electron chi connectivity index (χ1n) is 16.3. The maximum atomic E-state index is 6.28. The summed E-state index contributed by atoms with van der Waals surface area (Å²) in [5.41, 5.74) is 19.4. The van der Waals surface area contributed by atoms with Crippen LogP contribution in [0.15, 0.2) is 82.6 Å². The lowest BCUT2D eigenvalue weighted by Crippen LogP contribution is -2.12. The molecule has 0 aliphatic rings. The normalized spacial score (nSPS) is 12.1. The van der Waals surface area contributed by atoms with Gasteiger partial charge in [-0.3, -0.25) is 0 Å². The van der Waals surface area contributed by atoms with Crippen LogP contribution in [-0.4, -0.2) is 0 Å². The van der Waals surface area contributed by atoms with E-state index in [4.69, 9.17) is 25.3 Å². The second-order valence-corrected chi connectivity index (χ2v) is 16.2. The van der Waals surface area contributed by atoms with Crippen LogP contribution in [0.2, 0.25) is 0 Å². The lowest BCUT2D eigenvalue weighted by atomic mass is 9.81. The summed E-state index contributed by atoms with van der Waals surface area (Å²) < 4.78 is 0. The lowest BCUT2D eigenvalue weighted by molar-refractivity contribution is 0.590. The zero-order chi connectivity index (χ0) is 33.9. The van der Waals surface area contributed by atoms with Crippen LogP contribution in [0.1, 0.15) is 86.1 Å². The molecule has 0 amide bonds.